The third kappa shape index (κ3) is 4.98. The highest BCUT2D eigenvalue weighted by Gasteiger charge is 2.72. The van der Waals surface area contributed by atoms with Gasteiger partial charge in [-0.2, -0.15) is 0 Å². The number of hydrogen-bond acceptors (Lipinski definition) is 5. The van der Waals surface area contributed by atoms with E-state index in [0.717, 1.165) is 29.7 Å². The molecule has 0 aromatic heterocycles. The van der Waals surface area contributed by atoms with Crippen LogP contribution in [0.15, 0.2) is 65.6 Å². The summed E-state index contributed by atoms with van der Waals surface area (Å²) in [6.07, 6.45) is 8.22. The maximum atomic E-state index is 14.3. The number of nitrogens with zero attached hydrogens (tertiary/aromatic N) is 1. The Bertz CT molecular complexity index is 1380. The largest absolute Gasteiger partial charge is 0.359 e. The number of carbonyl (C=O) groups is 3. The molecule has 3 heterocycles. The van der Waals surface area contributed by atoms with Crippen molar-refractivity contribution in [2.75, 3.05) is 11.6 Å². The third-order valence-corrected chi connectivity index (χ3v) is 10.5. The van der Waals surface area contributed by atoms with Crippen LogP contribution in [0.2, 0.25) is 5.02 Å². The summed E-state index contributed by atoms with van der Waals surface area (Å²) in [4.78, 5) is 44.8. The highest BCUT2D eigenvalue weighted by molar-refractivity contribution is 7.98. The quantitative estimate of drug-likeness (QED) is 0.336. The molecule has 1 spiro atoms. The van der Waals surface area contributed by atoms with Crippen LogP contribution < -0.4 is 10.6 Å². The van der Waals surface area contributed by atoms with Crippen molar-refractivity contribution in [2.45, 2.75) is 68.3 Å². The standard InChI is InChI=1S/C32H36ClN3O4S/c1-18-6-4-9-24(19(18)2)35-30(38)28-32-15-14-25(40-32)26(29(37)34-22-7-5-8-23(16-22)41-3)27(32)31(39)36(28)17-20-10-12-21(33)13-11-20/h5,7-8,10-16,18-19,24-28H,4,6,9,17H2,1-3H3,(H,34,37)(H,35,38)/t18-,19+,24+,25-,26+,27-,28-,32-/m0/s1. The molecule has 0 radical (unpaired) electrons. The second kappa shape index (κ2) is 11.1. The summed E-state index contributed by atoms with van der Waals surface area (Å²) in [6, 6.07) is 14.0. The van der Waals surface area contributed by atoms with Crippen molar-refractivity contribution in [3.63, 3.8) is 0 Å². The Balaban J connectivity index is 1.32. The molecule has 7 nitrogen and oxygen atoms in total. The van der Waals surface area contributed by atoms with E-state index in [-0.39, 0.29) is 30.3 Å². The van der Waals surface area contributed by atoms with Gasteiger partial charge in [0.15, 0.2) is 0 Å². The maximum absolute atomic E-state index is 14.3. The average Bonchev–Trinajstić information content (AvgIpc) is 3.60. The lowest BCUT2D eigenvalue weighted by Crippen LogP contribution is -2.57. The number of nitrogens with one attached hydrogen (secondary N) is 2. The molecule has 6 rings (SSSR count). The first kappa shape index (κ1) is 28.3. The molecule has 1 saturated carbocycles. The van der Waals surface area contributed by atoms with Crippen LogP contribution >= 0.6 is 23.4 Å². The molecule has 2 aromatic rings. The number of likely N-dealkylation sites (tertiary alicyclic amines) is 1. The van der Waals surface area contributed by atoms with E-state index in [4.69, 9.17) is 16.3 Å². The molecule has 3 aliphatic heterocycles. The van der Waals surface area contributed by atoms with Gasteiger partial charge in [0.1, 0.15) is 11.6 Å². The molecule has 41 heavy (non-hydrogen) atoms. The fourth-order valence-electron chi connectivity index (χ4n) is 7.20. The number of hydrogen-bond donors (Lipinski definition) is 2. The van der Waals surface area contributed by atoms with Crippen LogP contribution in [0.3, 0.4) is 0 Å². The molecule has 2 bridgehead atoms. The van der Waals surface area contributed by atoms with E-state index in [1.807, 2.05) is 54.8 Å². The SMILES string of the molecule is CSc1cccc(NC(=O)[C@@H]2[C@@H]3C=C[C@]4(O3)[C@@H]2C(=O)N(Cc2ccc(Cl)cc2)[C@H]4C(=O)N[C@@H]2CCC[C@H](C)[C@H]2C)c1. The van der Waals surface area contributed by atoms with Crippen LogP contribution in [0.1, 0.15) is 38.7 Å². The minimum absolute atomic E-state index is 0.0274. The number of anilines is 1. The maximum Gasteiger partial charge on any atom is 0.246 e. The van der Waals surface area contributed by atoms with Crippen molar-refractivity contribution in [1.82, 2.24) is 10.2 Å². The molecule has 216 valence electrons. The number of fused-ring (bicyclic) bond motifs is 1. The van der Waals surface area contributed by atoms with Crippen molar-refractivity contribution < 1.29 is 19.1 Å². The van der Waals surface area contributed by atoms with Gasteiger partial charge in [-0.3, -0.25) is 14.4 Å². The zero-order chi connectivity index (χ0) is 28.9. The summed E-state index contributed by atoms with van der Waals surface area (Å²) in [5.74, 6) is -1.45. The molecule has 2 saturated heterocycles. The molecule has 3 fully saturated rings. The number of rotatable bonds is 7. The van der Waals surface area contributed by atoms with Gasteiger partial charge in [0.05, 0.1) is 17.9 Å². The molecule has 1 aliphatic carbocycles. The predicted octanol–water partition coefficient (Wildman–Crippen LogP) is 5.29. The van der Waals surface area contributed by atoms with Gasteiger partial charge < -0.3 is 20.3 Å². The van der Waals surface area contributed by atoms with E-state index in [9.17, 15) is 14.4 Å². The fourth-order valence-corrected chi connectivity index (χ4v) is 7.78. The zero-order valence-corrected chi connectivity index (χ0v) is 25.1. The highest BCUT2D eigenvalue weighted by atomic mass is 35.5. The van der Waals surface area contributed by atoms with Gasteiger partial charge in [0.2, 0.25) is 17.7 Å². The van der Waals surface area contributed by atoms with Gasteiger partial charge in [-0.05, 0) is 60.4 Å². The van der Waals surface area contributed by atoms with Crippen molar-refractivity contribution in [3.05, 3.63) is 71.3 Å². The number of halogens is 1. The zero-order valence-electron chi connectivity index (χ0n) is 23.5. The van der Waals surface area contributed by atoms with Gasteiger partial charge >= 0.3 is 0 Å². The topological polar surface area (TPSA) is 87.7 Å². The first-order valence-corrected chi connectivity index (χ1v) is 16.0. The minimum Gasteiger partial charge on any atom is -0.359 e. The lowest BCUT2D eigenvalue weighted by molar-refractivity contribution is -0.142. The van der Waals surface area contributed by atoms with Gasteiger partial charge in [-0.1, -0.05) is 68.6 Å². The summed E-state index contributed by atoms with van der Waals surface area (Å²) in [7, 11) is 0. The van der Waals surface area contributed by atoms with Gasteiger partial charge in [0, 0.05) is 28.2 Å². The molecular formula is C32H36ClN3O4S. The Kier molecular flexibility index (Phi) is 7.68. The highest BCUT2D eigenvalue weighted by Crippen LogP contribution is 2.55. The van der Waals surface area contributed by atoms with Crippen LogP contribution in [0.5, 0.6) is 0 Å². The molecule has 2 N–H and O–H groups in total. The van der Waals surface area contributed by atoms with Crippen molar-refractivity contribution in [2.24, 2.45) is 23.7 Å². The van der Waals surface area contributed by atoms with Crippen LogP contribution in [-0.2, 0) is 25.7 Å². The fraction of sp³-hybridized carbons (Fsp3) is 0.469. The second-order valence-electron chi connectivity index (χ2n) is 11.9. The number of ether oxygens (including phenoxy) is 1. The van der Waals surface area contributed by atoms with Gasteiger partial charge in [-0.25, -0.2) is 0 Å². The summed E-state index contributed by atoms with van der Waals surface area (Å²) >= 11 is 7.71. The molecule has 9 heteroatoms. The average molecular weight is 594 g/mol. The number of carbonyl (C=O) groups excluding carboxylic acids is 3. The molecule has 8 atom stereocenters. The van der Waals surface area contributed by atoms with E-state index in [0.29, 0.717) is 22.5 Å². The van der Waals surface area contributed by atoms with Gasteiger partial charge in [-0.15, -0.1) is 11.8 Å². The lowest BCUT2D eigenvalue weighted by atomic mass is 9.73. The molecular weight excluding hydrogens is 558 g/mol. The monoisotopic (exact) mass is 593 g/mol. The molecule has 2 aromatic carbocycles. The number of amides is 3. The van der Waals surface area contributed by atoms with Crippen LogP contribution in [0, 0.1) is 23.7 Å². The van der Waals surface area contributed by atoms with Crippen LogP contribution in [0.4, 0.5) is 5.69 Å². The minimum atomic E-state index is -1.20. The summed E-state index contributed by atoms with van der Waals surface area (Å²) < 4.78 is 6.51. The molecule has 4 aliphatic rings. The van der Waals surface area contributed by atoms with E-state index in [2.05, 4.69) is 24.5 Å². The van der Waals surface area contributed by atoms with Crippen molar-refractivity contribution in [1.29, 1.82) is 0 Å². The van der Waals surface area contributed by atoms with E-state index < -0.39 is 29.6 Å². The Hall–Kier alpha value is -2.81. The van der Waals surface area contributed by atoms with E-state index in [1.54, 1.807) is 28.8 Å². The number of thioether (sulfide) groups is 1. The Morgan fingerprint density at radius 2 is 1.90 bits per heavy atom. The number of benzene rings is 2. The Labute approximate surface area is 250 Å². The molecule has 3 amide bonds. The summed E-state index contributed by atoms with van der Waals surface area (Å²) in [5, 5.41) is 6.91. The normalized spacial score (nSPS) is 33.6. The van der Waals surface area contributed by atoms with Crippen LogP contribution in [-0.4, -0.2) is 52.7 Å². The predicted molar refractivity (Wildman–Crippen MR) is 160 cm³/mol. The van der Waals surface area contributed by atoms with Crippen molar-refractivity contribution in [3.8, 4) is 0 Å². The first-order chi connectivity index (χ1) is 19.7. The van der Waals surface area contributed by atoms with E-state index >= 15 is 0 Å². The van der Waals surface area contributed by atoms with Gasteiger partial charge in [0.25, 0.3) is 0 Å². The smallest absolute Gasteiger partial charge is 0.246 e. The van der Waals surface area contributed by atoms with Crippen molar-refractivity contribution >= 4 is 46.8 Å². The van der Waals surface area contributed by atoms with Crippen LogP contribution in [0.25, 0.3) is 0 Å². The second-order valence-corrected chi connectivity index (χ2v) is 13.2. The Morgan fingerprint density at radius 1 is 1.12 bits per heavy atom. The first-order valence-electron chi connectivity index (χ1n) is 14.4. The summed E-state index contributed by atoms with van der Waals surface area (Å²) in [5.41, 5.74) is 0.316. The van der Waals surface area contributed by atoms with E-state index in [1.165, 1.54) is 0 Å². The Morgan fingerprint density at radius 3 is 2.66 bits per heavy atom. The third-order valence-electron chi connectivity index (χ3n) is 9.56. The summed E-state index contributed by atoms with van der Waals surface area (Å²) in [6.45, 7) is 4.63. The lowest BCUT2D eigenvalue weighted by Gasteiger charge is -2.38. The molecule has 0 unspecified atom stereocenters.